The van der Waals surface area contributed by atoms with Crippen LogP contribution in [0.4, 0.5) is 0 Å². The van der Waals surface area contributed by atoms with Crippen LogP contribution in [0.2, 0.25) is 0 Å². The maximum Gasteiger partial charge on any atom is 0.251 e. The largest absolute Gasteiger partial charge is 0.352 e. The highest BCUT2D eigenvalue weighted by Crippen LogP contribution is 2.28. The lowest BCUT2D eigenvalue weighted by molar-refractivity contribution is 0.0941. The second-order valence-corrected chi connectivity index (χ2v) is 10.5. The third-order valence-corrected chi connectivity index (χ3v) is 8.13. The number of rotatable bonds is 5. The third-order valence-electron chi connectivity index (χ3n) is 6.27. The molecule has 1 amide bonds. The smallest absolute Gasteiger partial charge is 0.251 e. The molecule has 1 atom stereocenters. The van der Waals surface area contributed by atoms with Crippen LogP contribution in [0.3, 0.4) is 0 Å². The van der Waals surface area contributed by atoms with Crippen LogP contribution in [0.1, 0.15) is 52.7 Å². The van der Waals surface area contributed by atoms with Gasteiger partial charge in [0.1, 0.15) is 0 Å². The molecule has 1 fully saturated rings. The summed E-state index contributed by atoms with van der Waals surface area (Å²) in [6, 6.07) is 13.1. The van der Waals surface area contributed by atoms with Crippen LogP contribution in [0.15, 0.2) is 47.4 Å². The normalized spacial score (nSPS) is 19.8. The first-order valence-electron chi connectivity index (χ1n) is 10.9. The number of hydrogen-bond acceptors (Lipinski definition) is 3. The Morgan fingerprint density at radius 1 is 1.07 bits per heavy atom. The molecule has 160 valence electrons. The van der Waals surface area contributed by atoms with Crippen molar-refractivity contribution in [3.8, 4) is 0 Å². The first-order chi connectivity index (χ1) is 14.4. The topological polar surface area (TPSA) is 66.5 Å². The Bertz CT molecular complexity index is 1030. The number of carbonyl (C=O) groups excluding carboxylic acids is 1. The van der Waals surface area contributed by atoms with Gasteiger partial charge in [0, 0.05) is 25.2 Å². The summed E-state index contributed by atoms with van der Waals surface area (Å²) in [5.74, 6) is 0.0216. The van der Waals surface area contributed by atoms with E-state index in [9.17, 15) is 13.2 Å². The summed E-state index contributed by atoms with van der Waals surface area (Å²) in [5.41, 5.74) is 4.16. The number of hydrogen-bond donors (Lipinski definition) is 1. The van der Waals surface area contributed by atoms with Crippen LogP contribution in [0.25, 0.3) is 0 Å². The van der Waals surface area contributed by atoms with Crippen molar-refractivity contribution in [2.75, 3.05) is 19.6 Å². The number of piperidine rings is 1. The molecule has 0 spiro atoms. The highest BCUT2D eigenvalue weighted by Gasteiger charge is 2.31. The number of benzene rings is 2. The SMILES string of the molecule is Cc1cccc(C(=O)NC[C@H]2CCCN(S(=O)(=O)c3ccc4c(c3)CCCC4)C2)c1. The Balaban J connectivity index is 1.41. The maximum atomic E-state index is 13.3. The summed E-state index contributed by atoms with van der Waals surface area (Å²) in [7, 11) is -3.50. The molecule has 0 unspecified atom stereocenters. The van der Waals surface area contributed by atoms with Crippen LogP contribution >= 0.6 is 0 Å². The molecule has 2 aromatic carbocycles. The number of nitrogens with zero attached hydrogens (tertiary/aromatic N) is 1. The van der Waals surface area contributed by atoms with Gasteiger partial charge in [-0.1, -0.05) is 23.8 Å². The van der Waals surface area contributed by atoms with Crippen molar-refractivity contribution in [2.45, 2.75) is 50.3 Å². The molecule has 1 aliphatic carbocycles. The molecule has 5 nitrogen and oxygen atoms in total. The minimum Gasteiger partial charge on any atom is -0.352 e. The van der Waals surface area contributed by atoms with E-state index in [4.69, 9.17) is 0 Å². The summed E-state index contributed by atoms with van der Waals surface area (Å²) in [6.07, 6.45) is 6.05. The van der Waals surface area contributed by atoms with Gasteiger partial charge >= 0.3 is 0 Å². The van der Waals surface area contributed by atoms with E-state index in [1.807, 2.05) is 37.3 Å². The molecule has 6 heteroatoms. The monoisotopic (exact) mass is 426 g/mol. The van der Waals surface area contributed by atoms with Crippen molar-refractivity contribution >= 4 is 15.9 Å². The van der Waals surface area contributed by atoms with E-state index in [0.29, 0.717) is 30.1 Å². The fourth-order valence-electron chi connectivity index (χ4n) is 4.56. The average Bonchev–Trinajstić information content (AvgIpc) is 2.77. The van der Waals surface area contributed by atoms with Crippen LogP contribution in [-0.4, -0.2) is 38.3 Å². The lowest BCUT2D eigenvalue weighted by atomic mass is 9.92. The van der Waals surface area contributed by atoms with Gasteiger partial charge in [0.05, 0.1) is 4.90 Å². The van der Waals surface area contributed by atoms with Crippen molar-refractivity contribution < 1.29 is 13.2 Å². The Labute approximate surface area is 179 Å². The summed E-state index contributed by atoms with van der Waals surface area (Å²) in [4.78, 5) is 12.8. The summed E-state index contributed by atoms with van der Waals surface area (Å²) in [6.45, 7) is 3.44. The van der Waals surface area contributed by atoms with Crippen molar-refractivity contribution in [1.82, 2.24) is 9.62 Å². The van der Waals surface area contributed by atoms with Crippen LogP contribution in [0.5, 0.6) is 0 Å². The van der Waals surface area contributed by atoms with E-state index in [1.165, 1.54) is 17.5 Å². The number of nitrogens with one attached hydrogen (secondary N) is 1. The van der Waals surface area contributed by atoms with Crippen LogP contribution < -0.4 is 5.32 Å². The number of aryl methyl sites for hydroxylation is 3. The number of sulfonamides is 1. The molecule has 0 saturated carbocycles. The number of amides is 1. The Morgan fingerprint density at radius 3 is 2.67 bits per heavy atom. The van der Waals surface area contributed by atoms with Gasteiger partial charge in [-0.3, -0.25) is 4.79 Å². The molecule has 0 aromatic heterocycles. The van der Waals surface area contributed by atoms with Gasteiger partial charge in [-0.15, -0.1) is 0 Å². The lowest BCUT2D eigenvalue weighted by Gasteiger charge is -2.32. The predicted molar refractivity (Wildman–Crippen MR) is 118 cm³/mol. The highest BCUT2D eigenvalue weighted by molar-refractivity contribution is 7.89. The Morgan fingerprint density at radius 2 is 1.87 bits per heavy atom. The van der Waals surface area contributed by atoms with Gasteiger partial charge in [0.25, 0.3) is 5.91 Å². The Kier molecular flexibility index (Phi) is 6.25. The summed E-state index contributed by atoms with van der Waals surface area (Å²) in [5, 5.41) is 2.99. The van der Waals surface area contributed by atoms with E-state index < -0.39 is 10.0 Å². The van der Waals surface area contributed by atoms with E-state index in [-0.39, 0.29) is 11.8 Å². The molecule has 1 aliphatic heterocycles. The minimum absolute atomic E-state index is 0.103. The van der Waals surface area contributed by atoms with Gasteiger partial charge < -0.3 is 5.32 Å². The zero-order chi connectivity index (χ0) is 21.1. The van der Waals surface area contributed by atoms with Gasteiger partial charge in [-0.25, -0.2) is 8.42 Å². The number of fused-ring (bicyclic) bond motifs is 1. The van der Waals surface area contributed by atoms with E-state index in [1.54, 1.807) is 16.4 Å². The molecule has 4 rings (SSSR count). The molecular weight excluding hydrogens is 396 g/mol. The second kappa shape index (κ2) is 8.90. The second-order valence-electron chi connectivity index (χ2n) is 8.59. The molecule has 1 heterocycles. The molecule has 0 radical (unpaired) electrons. The average molecular weight is 427 g/mol. The summed E-state index contributed by atoms with van der Waals surface area (Å²) < 4.78 is 28.1. The quantitative estimate of drug-likeness (QED) is 0.793. The van der Waals surface area contributed by atoms with Gasteiger partial charge in [-0.2, -0.15) is 4.31 Å². The molecule has 2 aliphatic rings. The van der Waals surface area contributed by atoms with Crippen molar-refractivity contribution in [3.63, 3.8) is 0 Å². The molecule has 1 N–H and O–H groups in total. The third kappa shape index (κ3) is 4.60. The van der Waals surface area contributed by atoms with E-state index in [0.717, 1.165) is 37.7 Å². The van der Waals surface area contributed by atoms with Gasteiger partial charge in [0.15, 0.2) is 0 Å². The van der Waals surface area contributed by atoms with Crippen molar-refractivity contribution in [2.24, 2.45) is 5.92 Å². The Hall–Kier alpha value is -2.18. The lowest BCUT2D eigenvalue weighted by Crippen LogP contribution is -2.43. The first-order valence-corrected chi connectivity index (χ1v) is 12.3. The highest BCUT2D eigenvalue weighted by atomic mass is 32.2. The molecular formula is C24H30N2O3S. The van der Waals surface area contributed by atoms with Crippen molar-refractivity contribution in [1.29, 1.82) is 0 Å². The standard InChI is InChI=1S/C24H30N2O3S/c1-18-6-4-10-22(14-18)24(27)25-16-19-7-5-13-26(17-19)30(28,29)23-12-11-20-8-2-3-9-21(20)15-23/h4,6,10-12,14-15,19H,2-3,5,7-9,13,16-17H2,1H3,(H,25,27)/t19-/m1/s1. The fraction of sp³-hybridized carbons (Fsp3) is 0.458. The first kappa shape index (κ1) is 21.1. The van der Waals surface area contributed by atoms with Crippen molar-refractivity contribution in [3.05, 3.63) is 64.7 Å². The fourth-order valence-corrected chi connectivity index (χ4v) is 6.16. The van der Waals surface area contributed by atoms with Crippen LogP contribution in [0, 0.1) is 12.8 Å². The van der Waals surface area contributed by atoms with E-state index >= 15 is 0 Å². The minimum atomic E-state index is -3.50. The molecule has 30 heavy (non-hydrogen) atoms. The zero-order valence-electron chi connectivity index (χ0n) is 17.6. The van der Waals surface area contributed by atoms with E-state index in [2.05, 4.69) is 5.32 Å². The van der Waals surface area contributed by atoms with Gasteiger partial charge in [-0.05, 0) is 86.8 Å². The molecule has 0 bridgehead atoms. The zero-order valence-corrected chi connectivity index (χ0v) is 18.4. The maximum absolute atomic E-state index is 13.3. The van der Waals surface area contributed by atoms with Gasteiger partial charge in [0.2, 0.25) is 10.0 Å². The molecule has 1 saturated heterocycles. The molecule has 2 aromatic rings. The van der Waals surface area contributed by atoms with Crippen LogP contribution in [-0.2, 0) is 22.9 Å². The summed E-state index contributed by atoms with van der Waals surface area (Å²) >= 11 is 0. The predicted octanol–water partition coefficient (Wildman–Crippen LogP) is 3.70. The number of carbonyl (C=O) groups is 1.